The lowest BCUT2D eigenvalue weighted by Crippen LogP contribution is -2.61. The van der Waals surface area contributed by atoms with Crippen molar-refractivity contribution >= 4 is 17.5 Å². The third-order valence-corrected chi connectivity index (χ3v) is 2.02. The molecule has 0 bridgehead atoms. The monoisotopic (exact) mass is 307 g/mol. The Morgan fingerprint density at radius 1 is 1.11 bits per heavy atom. The molecule has 1 amide bonds. The van der Waals surface area contributed by atoms with Crippen LogP contribution < -0.4 is 5.32 Å². The van der Waals surface area contributed by atoms with E-state index in [-0.39, 0.29) is 0 Å². The van der Waals surface area contributed by atoms with Crippen molar-refractivity contribution in [3.63, 3.8) is 0 Å². The lowest BCUT2D eigenvalue weighted by Gasteiger charge is -2.32. The third-order valence-electron chi connectivity index (χ3n) is 1.78. The van der Waals surface area contributed by atoms with Gasteiger partial charge in [0.25, 0.3) is 0 Å². The molecule has 0 unspecified atom stereocenters. The van der Waals surface area contributed by atoms with E-state index in [1.54, 1.807) is 0 Å². The maximum atomic E-state index is 12.7. The average molecular weight is 308 g/mol. The number of amides is 1. The highest BCUT2D eigenvalue weighted by Gasteiger charge is 2.75. The number of carbonyl (C=O) groups is 1. The fraction of sp³-hybridized carbons (Fsp3) is 0.857. The van der Waals surface area contributed by atoms with Gasteiger partial charge in [-0.2, -0.15) is 26.3 Å². The van der Waals surface area contributed by atoms with Crippen LogP contribution in [0.1, 0.15) is 0 Å². The van der Waals surface area contributed by atoms with Crippen molar-refractivity contribution in [2.24, 2.45) is 0 Å². The molecular weight excluding hydrogens is 302 g/mol. The van der Waals surface area contributed by atoms with Crippen molar-refractivity contribution in [1.82, 2.24) is 5.32 Å². The lowest BCUT2D eigenvalue weighted by atomic mass is 10.0. The van der Waals surface area contributed by atoms with Gasteiger partial charge in [-0.25, -0.2) is 8.78 Å². The molecule has 108 valence electrons. The first-order valence-corrected chi connectivity index (χ1v) is 4.68. The Morgan fingerprint density at radius 3 is 1.89 bits per heavy atom. The first-order chi connectivity index (χ1) is 7.90. The molecule has 0 aliphatic heterocycles. The Labute approximate surface area is 100 Å². The van der Waals surface area contributed by atoms with E-state index >= 15 is 0 Å². The maximum absolute atomic E-state index is 12.7. The topological polar surface area (TPSA) is 29.1 Å². The van der Waals surface area contributed by atoms with Gasteiger partial charge in [-0.05, 0) is 0 Å². The summed E-state index contributed by atoms with van der Waals surface area (Å²) >= 11 is 4.82. The zero-order valence-electron chi connectivity index (χ0n) is 8.30. The molecule has 0 aliphatic carbocycles. The second kappa shape index (κ2) is 5.45. The number of nitrogens with one attached hydrogen (secondary N) is 1. The first-order valence-electron chi connectivity index (χ1n) is 4.14. The number of halogens is 9. The summed E-state index contributed by atoms with van der Waals surface area (Å²) in [7, 11) is 0. The molecule has 1 N–H and O–H groups in total. The second-order valence-electron chi connectivity index (χ2n) is 3.11. The summed E-state index contributed by atoms with van der Waals surface area (Å²) in [5, 5.41) is 1.11. The molecule has 0 fully saturated rings. The average Bonchev–Trinajstić information content (AvgIpc) is 2.25. The van der Waals surface area contributed by atoms with Gasteiger partial charge in [-0.15, -0.1) is 11.6 Å². The molecule has 0 aliphatic rings. The Kier molecular flexibility index (Phi) is 5.21. The lowest BCUT2D eigenvalue weighted by molar-refractivity contribution is -0.336. The Bertz CT molecular complexity index is 308. The normalized spacial score (nSPS) is 13.9. The summed E-state index contributed by atoms with van der Waals surface area (Å²) in [6.45, 7) is -2.24. The van der Waals surface area contributed by atoms with E-state index in [0.29, 0.717) is 0 Å². The highest BCUT2D eigenvalue weighted by molar-refractivity contribution is 6.27. The van der Waals surface area contributed by atoms with Gasteiger partial charge in [0.15, 0.2) is 0 Å². The molecule has 0 rings (SSSR count). The molecule has 0 saturated carbocycles. The summed E-state index contributed by atoms with van der Waals surface area (Å²) in [6.07, 6.45) is -4.98. The maximum Gasteiger partial charge on any atom is 0.379 e. The minimum absolute atomic E-state index is 0.882. The van der Waals surface area contributed by atoms with Crippen LogP contribution in [0.3, 0.4) is 0 Å². The van der Waals surface area contributed by atoms with Crippen molar-refractivity contribution in [3.05, 3.63) is 0 Å². The van der Waals surface area contributed by atoms with Crippen molar-refractivity contribution in [2.75, 3.05) is 12.4 Å². The van der Waals surface area contributed by atoms with Crippen LogP contribution in [0.4, 0.5) is 35.1 Å². The smallest absolute Gasteiger partial charge is 0.349 e. The number of rotatable bonds is 6. The Balaban J connectivity index is 5.02. The Morgan fingerprint density at radius 2 is 1.56 bits per heavy atom. The van der Waals surface area contributed by atoms with Crippen molar-refractivity contribution in [2.45, 2.75) is 24.2 Å². The van der Waals surface area contributed by atoms with Crippen molar-refractivity contribution < 1.29 is 39.9 Å². The van der Waals surface area contributed by atoms with E-state index in [1.165, 1.54) is 0 Å². The SMILES string of the molecule is O=C(CCl)NCC(F)(F)C(F)(F)C(F)(F)C(F)F. The van der Waals surface area contributed by atoms with E-state index in [4.69, 9.17) is 11.6 Å². The van der Waals surface area contributed by atoms with Crippen molar-refractivity contribution in [1.29, 1.82) is 0 Å². The molecule has 0 aromatic carbocycles. The van der Waals surface area contributed by atoms with Crippen LogP contribution in [0.5, 0.6) is 0 Å². The van der Waals surface area contributed by atoms with Crippen LogP contribution in [0.25, 0.3) is 0 Å². The van der Waals surface area contributed by atoms with Gasteiger partial charge < -0.3 is 5.32 Å². The number of alkyl halides is 9. The molecule has 2 nitrogen and oxygen atoms in total. The summed E-state index contributed by atoms with van der Waals surface area (Å²) in [4.78, 5) is 10.4. The fourth-order valence-electron chi connectivity index (χ4n) is 0.749. The van der Waals surface area contributed by atoms with Crippen LogP contribution in [0.15, 0.2) is 0 Å². The molecular formula is C7H6ClF8NO. The van der Waals surface area contributed by atoms with E-state index in [0.717, 1.165) is 5.32 Å². The van der Waals surface area contributed by atoms with Gasteiger partial charge in [-0.1, -0.05) is 0 Å². The van der Waals surface area contributed by atoms with Gasteiger partial charge in [0.1, 0.15) is 5.88 Å². The van der Waals surface area contributed by atoms with Crippen LogP contribution in [0.2, 0.25) is 0 Å². The molecule has 0 radical (unpaired) electrons. The minimum Gasteiger partial charge on any atom is -0.349 e. The second-order valence-corrected chi connectivity index (χ2v) is 3.38. The quantitative estimate of drug-likeness (QED) is 0.593. The molecule has 11 heteroatoms. The van der Waals surface area contributed by atoms with Crippen molar-refractivity contribution in [3.8, 4) is 0 Å². The van der Waals surface area contributed by atoms with Gasteiger partial charge in [0.2, 0.25) is 5.91 Å². The highest BCUT2D eigenvalue weighted by Crippen LogP contribution is 2.48. The summed E-state index contributed by atoms with van der Waals surface area (Å²) in [6, 6.07) is 0. The highest BCUT2D eigenvalue weighted by atomic mass is 35.5. The summed E-state index contributed by atoms with van der Waals surface area (Å²) < 4.78 is 98.6. The standard InChI is InChI=1S/C7H6ClF8NO/c8-1-3(18)17-2-5(11,12)7(15,16)6(13,14)4(9)10/h4H,1-2H2,(H,17,18). The first kappa shape index (κ1) is 17.2. The third kappa shape index (κ3) is 3.15. The molecule has 0 aromatic rings. The van der Waals surface area contributed by atoms with E-state index in [2.05, 4.69) is 0 Å². The molecule has 0 heterocycles. The summed E-state index contributed by atoms with van der Waals surface area (Å²) in [5.74, 6) is -20.3. The predicted molar refractivity (Wildman–Crippen MR) is 44.6 cm³/mol. The molecule has 0 saturated heterocycles. The Hall–Kier alpha value is -0.800. The van der Waals surface area contributed by atoms with Crippen LogP contribution >= 0.6 is 11.6 Å². The van der Waals surface area contributed by atoms with Crippen LogP contribution in [-0.4, -0.2) is 42.5 Å². The molecule has 0 aromatic heterocycles. The van der Waals surface area contributed by atoms with E-state index < -0.39 is 42.5 Å². The van der Waals surface area contributed by atoms with Gasteiger partial charge >= 0.3 is 24.2 Å². The molecule has 0 spiro atoms. The van der Waals surface area contributed by atoms with Gasteiger partial charge in [0.05, 0.1) is 6.54 Å². The zero-order chi connectivity index (χ0) is 14.8. The minimum atomic E-state index is -6.33. The van der Waals surface area contributed by atoms with Crippen LogP contribution in [0, 0.1) is 0 Å². The van der Waals surface area contributed by atoms with E-state index in [9.17, 15) is 39.9 Å². The van der Waals surface area contributed by atoms with Crippen LogP contribution in [-0.2, 0) is 4.79 Å². The predicted octanol–water partition coefficient (Wildman–Crippen LogP) is 2.51. The number of hydrogen-bond acceptors (Lipinski definition) is 1. The summed E-state index contributed by atoms with van der Waals surface area (Å²) in [5.41, 5.74) is 0. The number of hydrogen-bond donors (Lipinski definition) is 1. The van der Waals surface area contributed by atoms with Gasteiger partial charge in [0, 0.05) is 0 Å². The van der Waals surface area contributed by atoms with Gasteiger partial charge in [-0.3, -0.25) is 4.79 Å². The zero-order valence-corrected chi connectivity index (χ0v) is 9.06. The fourth-order valence-corrected chi connectivity index (χ4v) is 0.843. The molecule has 0 atom stereocenters. The number of carbonyl (C=O) groups excluding carboxylic acids is 1. The largest absolute Gasteiger partial charge is 0.379 e. The van der Waals surface area contributed by atoms with E-state index in [1.807, 2.05) is 0 Å². The molecule has 18 heavy (non-hydrogen) atoms.